The summed E-state index contributed by atoms with van der Waals surface area (Å²) in [6.07, 6.45) is 3.14. The van der Waals surface area contributed by atoms with E-state index in [1.165, 1.54) is 23.6 Å². The quantitative estimate of drug-likeness (QED) is 0.789. The highest BCUT2D eigenvalue weighted by atomic mass is 79.9. The largest absolute Gasteiger partial charge is 0.249 e. The van der Waals surface area contributed by atoms with E-state index in [0.717, 1.165) is 5.01 Å². The van der Waals surface area contributed by atoms with Gasteiger partial charge in [0.05, 0.1) is 5.01 Å². The van der Waals surface area contributed by atoms with E-state index in [1.54, 1.807) is 6.20 Å². The Kier molecular flexibility index (Phi) is 5.14. The molecule has 108 valence electrons. The van der Waals surface area contributed by atoms with Gasteiger partial charge in [0.15, 0.2) is 0 Å². The molecule has 2 heterocycles. The van der Waals surface area contributed by atoms with Crippen molar-refractivity contribution >= 4 is 48.9 Å². The van der Waals surface area contributed by atoms with Gasteiger partial charge in [0.2, 0.25) is 10.0 Å². The van der Waals surface area contributed by atoms with Crippen molar-refractivity contribution in [3.63, 3.8) is 0 Å². The van der Waals surface area contributed by atoms with E-state index in [9.17, 15) is 8.42 Å². The summed E-state index contributed by atoms with van der Waals surface area (Å²) in [5, 5.41) is 2.68. The van der Waals surface area contributed by atoms with Gasteiger partial charge in [-0.05, 0) is 22.0 Å². The van der Waals surface area contributed by atoms with Gasteiger partial charge in [0.1, 0.15) is 10.0 Å². The molecule has 0 amide bonds. The maximum atomic E-state index is 12.2. The fourth-order valence-electron chi connectivity index (χ4n) is 1.47. The van der Waals surface area contributed by atoms with Crippen molar-refractivity contribution in [1.82, 2.24) is 14.7 Å². The van der Waals surface area contributed by atoms with Gasteiger partial charge in [-0.2, -0.15) is 0 Å². The first-order valence-electron chi connectivity index (χ1n) is 5.60. The lowest BCUT2D eigenvalue weighted by molar-refractivity contribution is 0.574. The lowest BCUT2D eigenvalue weighted by Crippen LogP contribution is -2.28. The Bertz CT molecular complexity index is 692. The average Bonchev–Trinajstić information content (AvgIpc) is 2.93. The summed E-state index contributed by atoms with van der Waals surface area (Å²) in [6.45, 7) is 2.15. The van der Waals surface area contributed by atoms with Crippen LogP contribution >= 0.6 is 38.9 Å². The number of thiazole rings is 1. The molecule has 0 fully saturated rings. The summed E-state index contributed by atoms with van der Waals surface area (Å²) in [5.74, 6) is -0.0105. The Hall–Kier alpha value is -0.540. The monoisotopic (exact) mass is 395 g/mol. The first-order valence-corrected chi connectivity index (χ1v) is 9.13. The van der Waals surface area contributed by atoms with E-state index in [0.29, 0.717) is 4.47 Å². The van der Waals surface area contributed by atoms with E-state index in [-0.39, 0.29) is 22.5 Å². The smallest absolute Gasteiger partial charge is 0.243 e. The molecule has 0 bridgehead atoms. The third-order valence-electron chi connectivity index (χ3n) is 2.52. The van der Waals surface area contributed by atoms with Crippen LogP contribution in [0.15, 0.2) is 33.2 Å². The Morgan fingerprint density at radius 2 is 2.25 bits per heavy atom. The third-order valence-corrected chi connectivity index (χ3v) is 5.81. The zero-order chi connectivity index (χ0) is 14.8. The number of halogens is 2. The van der Waals surface area contributed by atoms with E-state index in [4.69, 9.17) is 11.6 Å². The second kappa shape index (κ2) is 6.48. The van der Waals surface area contributed by atoms with Crippen molar-refractivity contribution in [2.75, 3.05) is 6.54 Å². The minimum Gasteiger partial charge on any atom is -0.249 e. The SMILES string of the molecule is CC(CNS(=O)(=O)c1cc(Br)cnc1Cl)c1nccs1. The Morgan fingerprint density at radius 1 is 1.50 bits per heavy atom. The number of hydrogen-bond acceptors (Lipinski definition) is 5. The fourth-order valence-corrected chi connectivity index (χ4v) is 4.24. The number of aromatic nitrogens is 2. The van der Waals surface area contributed by atoms with Crippen molar-refractivity contribution in [3.8, 4) is 0 Å². The van der Waals surface area contributed by atoms with Gasteiger partial charge in [-0.15, -0.1) is 11.3 Å². The van der Waals surface area contributed by atoms with Gasteiger partial charge >= 0.3 is 0 Å². The van der Waals surface area contributed by atoms with Crippen LogP contribution in [0.4, 0.5) is 0 Å². The second-order valence-corrected chi connectivity index (χ2v) is 8.00. The van der Waals surface area contributed by atoms with Crippen LogP contribution in [0.5, 0.6) is 0 Å². The van der Waals surface area contributed by atoms with Crippen molar-refractivity contribution < 1.29 is 8.42 Å². The molecule has 0 saturated heterocycles. The molecule has 0 aliphatic carbocycles. The lowest BCUT2D eigenvalue weighted by Gasteiger charge is -2.11. The maximum absolute atomic E-state index is 12.2. The molecule has 0 aliphatic rings. The highest BCUT2D eigenvalue weighted by Crippen LogP contribution is 2.23. The third kappa shape index (κ3) is 3.76. The molecule has 0 aromatic carbocycles. The fraction of sp³-hybridized carbons (Fsp3) is 0.273. The number of nitrogens with zero attached hydrogens (tertiary/aromatic N) is 2. The van der Waals surface area contributed by atoms with E-state index < -0.39 is 10.0 Å². The van der Waals surface area contributed by atoms with Crippen LogP contribution in [-0.4, -0.2) is 24.9 Å². The molecule has 5 nitrogen and oxygen atoms in total. The highest BCUT2D eigenvalue weighted by molar-refractivity contribution is 9.10. The summed E-state index contributed by atoms with van der Waals surface area (Å²) in [7, 11) is -3.70. The van der Waals surface area contributed by atoms with Crippen LogP contribution in [-0.2, 0) is 10.0 Å². The van der Waals surface area contributed by atoms with Gasteiger partial charge in [-0.25, -0.2) is 23.1 Å². The molecule has 1 unspecified atom stereocenters. The number of pyridine rings is 1. The standard InChI is InChI=1S/C11H11BrClN3O2S2/c1-7(11-14-2-3-19-11)5-16-20(17,18)9-4-8(12)6-15-10(9)13/h2-4,6-7,16H,5H2,1H3. The van der Waals surface area contributed by atoms with E-state index in [1.807, 2.05) is 12.3 Å². The molecule has 20 heavy (non-hydrogen) atoms. The molecule has 0 radical (unpaired) electrons. The van der Waals surface area contributed by atoms with Crippen molar-refractivity contribution in [1.29, 1.82) is 0 Å². The van der Waals surface area contributed by atoms with E-state index >= 15 is 0 Å². The molecule has 1 N–H and O–H groups in total. The Labute approximate surface area is 134 Å². The number of sulfonamides is 1. The van der Waals surface area contributed by atoms with Crippen LogP contribution in [0.25, 0.3) is 0 Å². The molecule has 0 saturated carbocycles. The van der Waals surface area contributed by atoms with Crippen LogP contribution < -0.4 is 4.72 Å². The van der Waals surface area contributed by atoms with Crippen LogP contribution in [0.1, 0.15) is 17.8 Å². The predicted molar refractivity (Wildman–Crippen MR) is 82.7 cm³/mol. The Morgan fingerprint density at radius 3 is 2.90 bits per heavy atom. The molecular weight excluding hydrogens is 386 g/mol. The zero-order valence-corrected chi connectivity index (χ0v) is 14.4. The number of hydrogen-bond donors (Lipinski definition) is 1. The van der Waals surface area contributed by atoms with Gasteiger partial charge in [-0.3, -0.25) is 0 Å². The molecule has 2 aromatic rings. The topological polar surface area (TPSA) is 72.0 Å². The molecule has 2 aromatic heterocycles. The molecule has 9 heteroatoms. The minimum atomic E-state index is -3.70. The number of rotatable bonds is 5. The average molecular weight is 397 g/mol. The Balaban J connectivity index is 2.13. The molecule has 0 aliphatic heterocycles. The molecule has 0 spiro atoms. The van der Waals surface area contributed by atoms with Crippen molar-refractivity contribution in [2.45, 2.75) is 17.7 Å². The zero-order valence-electron chi connectivity index (χ0n) is 10.4. The van der Waals surface area contributed by atoms with Crippen LogP contribution in [0.2, 0.25) is 5.15 Å². The molecular formula is C11H11BrClN3O2S2. The first kappa shape index (κ1) is 15.8. The number of nitrogens with one attached hydrogen (secondary N) is 1. The predicted octanol–water partition coefficient (Wildman–Crippen LogP) is 3.04. The van der Waals surface area contributed by atoms with E-state index in [2.05, 4.69) is 30.6 Å². The first-order chi connectivity index (χ1) is 9.40. The molecule has 1 atom stereocenters. The summed E-state index contributed by atoms with van der Waals surface area (Å²) < 4.78 is 27.5. The van der Waals surface area contributed by atoms with Gasteiger partial charge in [0, 0.05) is 34.7 Å². The molecule has 2 rings (SSSR count). The second-order valence-electron chi connectivity index (χ2n) is 4.07. The van der Waals surface area contributed by atoms with Gasteiger partial charge in [0.25, 0.3) is 0 Å². The minimum absolute atomic E-state index is 0.0105. The van der Waals surface area contributed by atoms with Crippen LogP contribution in [0.3, 0.4) is 0 Å². The summed E-state index contributed by atoms with van der Waals surface area (Å²) >= 11 is 10.5. The summed E-state index contributed by atoms with van der Waals surface area (Å²) in [6, 6.07) is 1.42. The summed E-state index contributed by atoms with van der Waals surface area (Å²) in [4.78, 5) is 7.93. The summed E-state index contributed by atoms with van der Waals surface area (Å²) in [5.41, 5.74) is 0. The maximum Gasteiger partial charge on any atom is 0.243 e. The normalized spacial score (nSPS) is 13.3. The highest BCUT2D eigenvalue weighted by Gasteiger charge is 2.20. The van der Waals surface area contributed by atoms with Crippen LogP contribution in [0, 0.1) is 0 Å². The van der Waals surface area contributed by atoms with Crippen molar-refractivity contribution in [3.05, 3.63) is 38.5 Å². The van der Waals surface area contributed by atoms with Gasteiger partial charge < -0.3 is 0 Å². The van der Waals surface area contributed by atoms with Crippen molar-refractivity contribution in [2.24, 2.45) is 0 Å². The lowest BCUT2D eigenvalue weighted by atomic mass is 10.2. The van der Waals surface area contributed by atoms with Gasteiger partial charge in [-0.1, -0.05) is 18.5 Å².